The standard InChI is InChI=1S/C77H151N2O7P/c1-7-10-13-16-19-22-25-28-30-32-34-36-37-38-39-40-41-43-44-46-48-51-54-57-60-63-66-69-76(80)78-74(73-85-87(82,83)84-72-71-79(4,5)6)75(68-65-62-59-56-53-50-27-24-21-18-15-12-9-3)86-77(81)70-67-64-61-58-55-52-49-47-45-42-35-33-31-29-26-23-20-17-14-11-8-2/h28,30,65,68,74-75H,7-27,29,31-64,66-67,69-73H2,1-6H3,(H-,78,80,82,83)/b30-28+,68-65-. The quantitative estimate of drug-likeness (QED) is 0.0212. The largest absolute Gasteiger partial charge is 0.756 e. The van der Waals surface area contributed by atoms with Crippen molar-refractivity contribution < 1.29 is 37.3 Å². The molecular formula is C77H151N2O7P. The van der Waals surface area contributed by atoms with Gasteiger partial charge in [0.15, 0.2) is 0 Å². The Hall–Kier alpha value is -1.51. The molecule has 0 aromatic rings. The molecule has 0 heterocycles. The van der Waals surface area contributed by atoms with Crippen molar-refractivity contribution in [2.75, 3.05) is 40.9 Å². The molecular weight excluding hydrogens is 1100 g/mol. The molecule has 3 atom stereocenters. The van der Waals surface area contributed by atoms with E-state index in [1.807, 2.05) is 33.3 Å². The zero-order valence-corrected chi connectivity index (χ0v) is 60.2. The highest BCUT2D eigenvalue weighted by Crippen LogP contribution is 2.38. The van der Waals surface area contributed by atoms with Crippen LogP contribution in [0.5, 0.6) is 0 Å². The second-order valence-electron chi connectivity index (χ2n) is 27.9. The average molecular weight is 1250 g/mol. The van der Waals surface area contributed by atoms with Gasteiger partial charge in [0, 0.05) is 12.8 Å². The number of allylic oxidation sites excluding steroid dienone is 3. The van der Waals surface area contributed by atoms with E-state index in [2.05, 4.69) is 38.2 Å². The Bertz CT molecular complexity index is 1530. The molecule has 0 bridgehead atoms. The number of phosphoric acid groups is 1. The molecule has 0 aromatic heterocycles. The van der Waals surface area contributed by atoms with Crippen LogP contribution in [0.15, 0.2) is 24.3 Å². The van der Waals surface area contributed by atoms with E-state index < -0.39 is 20.0 Å². The molecule has 0 aromatic carbocycles. The molecule has 87 heavy (non-hydrogen) atoms. The third-order valence-electron chi connectivity index (χ3n) is 17.9. The fourth-order valence-electron chi connectivity index (χ4n) is 11.9. The number of quaternary nitrogens is 1. The van der Waals surface area contributed by atoms with Crippen molar-refractivity contribution in [1.29, 1.82) is 0 Å². The number of likely N-dealkylation sites (N-methyl/N-ethyl adjacent to an activating group) is 1. The van der Waals surface area contributed by atoms with E-state index in [9.17, 15) is 19.0 Å². The van der Waals surface area contributed by atoms with E-state index in [1.54, 1.807) is 0 Å². The summed E-state index contributed by atoms with van der Waals surface area (Å²) < 4.78 is 30.5. The number of hydrogen-bond donors (Lipinski definition) is 1. The van der Waals surface area contributed by atoms with E-state index in [0.717, 1.165) is 57.8 Å². The summed E-state index contributed by atoms with van der Waals surface area (Å²) in [5.74, 6) is -0.512. The van der Waals surface area contributed by atoms with Crippen LogP contribution < -0.4 is 10.2 Å². The summed E-state index contributed by atoms with van der Waals surface area (Å²) in [6.07, 6.45) is 83.2. The molecule has 0 spiro atoms. The van der Waals surface area contributed by atoms with Crippen LogP contribution in [0.4, 0.5) is 0 Å². The number of hydrogen-bond acceptors (Lipinski definition) is 7. The Morgan fingerprint density at radius 3 is 0.977 bits per heavy atom. The molecule has 0 rings (SSSR count). The van der Waals surface area contributed by atoms with E-state index in [-0.39, 0.29) is 31.5 Å². The first-order valence-corrected chi connectivity index (χ1v) is 40.1. The van der Waals surface area contributed by atoms with Crippen molar-refractivity contribution in [2.24, 2.45) is 0 Å². The Labute approximate surface area is 543 Å². The monoisotopic (exact) mass is 1250 g/mol. The van der Waals surface area contributed by atoms with Crippen LogP contribution in [0.3, 0.4) is 0 Å². The highest BCUT2D eigenvalue weighted by atomic mass is 31.2. The molecule has 9 nitrogen and oxygen atoms in total. The molecule has 516 valence electrons. The maximum Gasteiger partial charge on any atom is 0.306 e. The molecule has 0 aliphatic rings. The van der Waals surface area contributed by atoms with Gasteiger partial charge in [-0.1, -0.05) is 360 Å². The van der Waals surface area contributed by atoms with Gasteiger partial charge in [-0.25, -0.2) is 0 Å². The molecule has 0 aliphatic heterocycles. The summed E-state index contributed by atoms with van der Waals surface area (Å²) in [5.41, 5.74) is 0. The van der Waals surface area contributed by atoms with Crippen LogP contribution in [-0.4, -0.2) is 69.4 Å². The molecule has 10 heteroatoms. The predicted molar refractivity (Wildman–Crippen MR) is 377 cm³/mol. The minimum atomic E-state index is -4.70. The van der Waals surface area contributed by atoms with Crippen molar-refractivity contribution in [3.05, 3.63) is 24.3 Å². The van der Waals surface area contributed by atoms with Crippen molar-refractivity contribution in [2.45, 2.75) is 418 Å². The highest BCUT2D eigenvalue weighted by molar-refractivity contribution is 7.45. The molecule has 0 fully saturated rings. The third-order valence-corrected chi connectivity index (χ3v) is 18.8. The van der Waals surface area contributed by atoms with Gasteiger partial charge < -0.3 is 28.5 Å². The van der Waals surface area contributed by atoms with E-state index in [1.165, 1.54) is 315 Å². The first kappa shape index (κ1) is 85.5. The zero-order valence-electron chi connectivity index (χ0n) is 59.3. The summed E-state index contributed by atoms with van der Waals surface area (Å²) in [4.78, 5) is 40.3. The van der Waals surface area contributed by atoms with Crippen LogP contribution in [0.1, 0.15) is 406 Å². The van der Waals surface area contributed by atoms with Gasteiger partial charge in [-0.05, 0) is 57.4 Å². The van der Waals surface area contributed by atoms with Crippen LogP contribution in [-0.2, 0) is 27.9 Å². The number of phosphoric ester groups is 1. The van der Waals surface area contributed by atoms with Gasteiger partial charge in [0.2, 0.25) is 5.91 Å². The van der Waals surface area contributed by atoms with Gasteiger partial charge in [-0.2, -0.15) is 0 Å². The van der Waals surface area contributed by atoms with Gasteiger partial charge in [0.25, 0.3) is 7.82 Å². The number of amides is 1. The van der Waals surface area contributed by atoms with Gasteiger partial charge >= 0.3 is 5.97 Å². The number of ether oxygens (including phenoxy) is 1. The Morgan fingerprint density at radius 2 is 0.667 bits per heavy atom. The molecule has 3 unspecified atom stereocenters. The molecule has 0 saturated carbocycles. The maximum absolute atomic E-state index is 13.6. The number of rotatable bonds is 72. The van der Waals surface area contributed by atoms with Crippen LogP contribution in [0.2, 0.25) is 0 Å². The van der Waals surface area contributed by atoms with Gasteiger partial charge in [0.1, 0.15) is 19.3 Å². The molecule has 1 N–H and O–H groups in total. The lowest BCUT2D eigenvalue weighted by Gasteiger charge is -2.30. The number of nitrogens with one attached hydrogen (secondary N) is 1. The number of unbranched alkanes of at least 4 members (excludes halogenated alkanes) is 54. The normalized spacial score (nSPS) is 13.5. The molecule has 0 saturated heterocycles. The zero-order chi connectivity index (χ0) is 63.5. The topological polar surface area (TPSA) is 114 Å². The first-order chi connectivity index (χ1) is 42.4. The van der Waals surface area contributed by atoms with E-state index >= 15 is 0 Å². The lowest BCUT2D eigenvalue weighted by Crippen LogP contribution is -2.47. The van der Waals surface area contributed by atoms with Crippen LogP contribution >= 0.6 is 7.82 Å². The Kier molecular flexibility index (Phi) is 66.2. The fraction of sp³-hybridized carbons (Fsp3) is 0.922. The van der Waals surface area contributed by atoms with Crippen molar-refractivity contribution in [1.82, 2.24) is 5.32 Å². The third kappa shape index (κ3) is 68.7. The molecule has 0 aliphatic carbocycles. The molecule has 0 radical (unpaired) electrons. The summed E-state index contributed by atoms with van der Waals surface area (Å²) in [6.45, 7) is 6.93. The number of carbonyl (C=O) groups excluding carboxylic acids is 2. The van der Waals surface area contributed by atoms with Crippen molar-refractivity contribution in [3.63, 3.8) is 0 Å². The average Bonchev–Trinajstić information content (AvgIpc) is 3.69. The summed E-state index contributed by atoms with van der Waals surface area (Å²) in [7, 11) is 1.21. The van der Waals surface area contributed by atoms with Crippen LogP contribution in [0.25, 0.3) is 0 Å². The first-order valence-electron chi connectivity index (χ1n) is 38.6. The maximum atomic E-state index is 13.6. The van der Waals surface area contributed by atoms with Crippen LogP contribution in [0, 0.1) is 0 Å². The summed E-state index contributed by atoms with van der Waals surface area (Å²) in [6, 6.07) is -0.883. The van der Waals surface area contributed by atoms with Gasteiger partial charge in [0.05, 0.1) is 33.8 Å². The Balaban J connectivity index is 4.95. The highest BCUT2D eigenvalue weighted by Gasteiger charge is 2.27. The van der Waals surface area contributed by atoms with E-state index in [0.29, 0.717) is 17.4 Å². The van der Waals surface area contributed by atoms with Crippen molar-refractivity contribution in [3.8, 4) is 0 Å². The number of nitrogens with zero attached hydrogens (tertiary/aromatic N) is 1. The van der Waals surface area contributed by atoms with Gasteiger partial charge in [-0.3, -0.25) is 14.2 Å². The second-order valence-corrected chi connectivity index (χ2v) is 29.3. The Morgan fingerprint density at radius 1 is 0.391 bits per heavy atom. The lowest BCUT2D eigenvalue weighted by molar-refractivity contribution is -0.870. The smallest absolute Gasteiger partial charge is 0.306 e. The minimum absolute atomic E-state index is 0.0174. The van der Waals surface area contributed by atoms with E-state index in [4.69, 9.17) is 13.8 Å². The number of esters is 1. The molecule has 1 amide bonds. The summed E-state index contributed by atoms with van der Waals surface area (Å²) >= 11 is 0. The predicted octanol–water partition coefficient (Wildman–Crippen LogP) is 24.2. The second kappa shape index (κ2) is 67.4. The number of carbonyl (C=O) groups is 2. The lowest BCUT2D eigenvalue weighted by atomic mass is 10.0. The minimum Gasteiger partial charge on any atom is -0.756 e. The fourth-order valence-corrected chi connectivity index (χ4v) is 12.7. The summed E-state index contributed by atoms with van der Waals surface area (Å²) in [5, 5.41) is 3.06. The van der Waals surface area contributed by atoms with Gasteiger partial charge in [-0.15, -0.1) is 0 Å². The SMILES string of the molecule is CCCCCCCC/C=C/CCCCCCCCCCCCCCCCCCCC(=O)NC(COP(=O)([O-])OCC[N+](C)(C)C)C(/C=C\CCCCCCCCCCCCC)OC(=O)CCCCCCCCCCCCCCCCCCCCCCC. The van der Waals surface area contributed by atoms with Crippen molar-refractivity contribution >= 4 is 19.7 Å².